The molecule has 0 amide bonds. The highest BCUT2D eigenvalue weighted by molar-refractivity contribution is 6.04. The monoisotopic (exact) mass is 395 g/mol. The van der Waals surface area contributed by atoms with Crippen LogP contribution in [0.25, 0.3) is 0 Å². The molecule has 1 unspecified atom stereocenters. The van der Waals surface area contributed by atoms with Crippen LogP contribution in [0.15, 0.2) is 48.5 Å². The van der Waals surface area contributed by atoms with Gasteiger partial charge in [-0.05, 0) is 55.9 Å². The van der Waals surface area contributed by atoms with E-state index in [0.29, 0.717) is 6.54 Å². The zero-order valence-electron chi connectivity index (χ0n) is 17.9. The molecule has 5 heteroatoms. The van der Waals surface area contributed by atoms with Gasteiger partial charge >= 0.3 is 0 Å². The van der Waals surface area contributed by atoms with Crippen LogP contribution >= 0.6 is 0 Å². The fourth-order valence-electron chi connectivity index (χ4n) is 4.24. The third-order valence-corrected chi connectivity index (χ3v) is 5.92. The Morgan fingerprint density at radius 3 is 2.21 bits per heavy atom. The molecule has 0 bridgehead atoms. The molecule has 3 rings (SSSR count). The summed E-state index contributed by atoms with van der Waals surface area (Å²) >= 11 is 0. The van der Waals surface area contributed by atoms with Crippen LogP contribution in [-0.4, -0.2) is 51.1 Å². The minimum absolute atomic E-state index is 0.137. The molecule has 1 aliphatic rings. The summed E-state index contributed by atoms with van der Waals surface area (Å²) < 4.78 is 5.44. The Labute approximate surface area is 174 Å². The molecule has 1 atom stereocenters. The van der Waals surface area contributed by atoms with Gasteiger partial charge in [0, 0.05) is 30.9 Å². The van der Waals surface area contributed by atoms with Crippen LogP contribution in [0.3, 0.4) is 0 Å². The van der Waals surface area contributed by atoms with Crippen molar-refractivity contribution >= 4 is 11.5 Å². The van der Waals surface area contributed by atoms with Gasteiger partial charge in [0.2, 0.25) is 0 Å². The molecular formula is C24H33N3O2. The van der Waals surface area contributed by atoms with Gasteiger partial charge in [-0.15, -0.1) is 0 Å². The van der Waals surface area contributed by atoms with E-state index in [1.54, 1.807) is 0 Å². The Morgan fingerprint density at radius 1 is 1.07 bits per heavy atom. The zero-order valence-corrected chi connectivity index (χ0v) is 17.9. The van der Waals surface area contributed by atoms with Crippen LogP contribution in [0, 0.1) is 0 Å². The molecule has 2 aromatic rings. The first-order valence-electron chi connectivity index (χ1n) is 10.5. The summed E-state index contributed by atoms with van der Waals surface area (Å²) in [7, 11) is 3.99. The summed E-state index contributed by atoms with van der Waals surface area (Å²) in [4.78, 5) is 18.2. The molecule has 1 fully saturated rings. The van der Waals surface area contributed by atoms with Crippen molar-refractivity contribution < 1.29 is 9.53 Å². The number of anilines is 1. The maximum absolute atomic E-state index is 13.8. The Hall–Kier alpha value is -2.21. The molecule has 1 aliphatic heterocycles. The minimum Gasteiger partial charge on any atom is -0.378 e. The Morgan fingerprint density at radius 2 is 1.69 bits per heavy atom. The van der Waals surface area contributed by atoms with Crippen LogP contribution in [0.1, 0.15) is 41.3 Å². The smallest absolute Gasteiger partial charge is 0.187 e. The first-order chi connectivity index (χ1) is 14.0. The third-order valence-electron chi connectivity index (χ3n) is 5.92. The fraction of sp³-hybridized carbons (Fsp3) is 0.458. The van der Waals surface area contributed by atoms with Crippen molar-refractivity contribution in [2.75, 3.05) is 45.3 Å². The lowest BCUT2D eigenvalue weighted by atomic mass is 9.77. The first kappa shape index (κ1) is 21.5. The van der Waals surface area contributed by atoms with E-state index in [4.69, 9.17) is 10.5 Å². The lowest BCUT2D eigenvalue weighted by Gasteiger charge is -2.39. The highest BCUT2D eigenvalue weighted by Gasteiger charge is 2.42. The third kappa shape index (κ3) is 4.37. The number of Topliss-reactive ketones (excluding diaryl/α,β-unsaturated/α-hetero) is 1. The summed E-state index contributed by atoms with van der Waals surface area (Å²) in [5, 5.41) is 0. The van der Waals surface area contributed by atoms with Gasteiger partial charge in [-0.2, -0.15) is 0 Å². The number of carbonyl (C=O) groups excluding carboxylic acids is 1. The van der Waals surface area contributed by atoms with Crippen molar-refractivity contribution in [1.82, 2.24) is 4.90 Å². The maximum atomic E-state index is 13.8. The molecule has 0 aliphatic carbocycles. The number of rotatable bonds is 8. The lowest BCUT2D eigenvalue weighted by molar-refractivity contribution is 0.0644. The number of nitrogens with zero attached hydrogens (tertiary/aromatic N) is 2. The van der Waals surface area contributed by atoms with Gasteiger partial charge in [-0.3, -0.25) is 9.69 Å². The number of hydrogen-bond donors (Lipinski definition) is 1. The van der Waals surface area contributed by atoms with Gasteiger partial charge in [-0.1, -0.05) is 37.6 Å². The van der Waals surface area contributed by atoms with Crippen molar-refractivity contribution in [2.45, 2.75) is 31.8 Å². The van der Waals surface area contributed by atoms with Gasteiger partial charge in [0.05, 0.1) is 13.2 Å². The van der Waals surface area contributed by atoms with Crippen molar-refractivity contribution in [3.8, 4) is 0 Å². The second-order valence-electron chi connectivity index (χ2n) is 7.88. The molecule has 0 aromatic heterocycles. The van der Waals surface area contributed by atoms with E-state index in [9.17, 15) is 4.79 Å². The van der Waals surface area contributed by atoms with Crippen LogP contribution in [0.2, 0.25) is 0 Å². The van der Waals surface area contributed by atoms with Crippen LogP contribution in [-0.2, 0) is 16.8 Å². The number of benzene rings is 2. The molecule has 0 spiro atoms. The molecule has 1 heterocycles. The van der Waals surface area contributed by atoms with E-state index in [1.807, 2.05) is 38.4 Å². The van der Waals surface area contributed by atoms with E-state index in [-0.39, 0.29) is 5.78 Å². The van der Waals surface area contributed by atoms with Gasteiger partial charge < -0.3 is 15.4 Å². The SMILES string of the molecule is CCCC(C(=O)c1ccc(N2CCOCC2)cc1)(c1ccc(CN)cc1)N(C)C. The summed E-state index contributed by atoms with van der Waals surface area (Å²) in [5.74, 6) is 0.137. The molecule has 0 radical (unpaired) electrons. The summed E-state index contributed by atoms with van der Waals surface area (Å²) in [6, 6.07) is 16.2. The van der Waals surface area contributed by atoms with Gasteiger partial charge in [0.15, 0.2) is 5.78 Å². The quantitative estimate of drug-likeness (QED) is 0.694. The predicted octanol–water partition coefficient (Wildman–Crippen LogP) is 3.42. The van der Waals surface area contributed by atoms with Crippen LogP contribution < -0.4 is 10.6 Å². The lowest BCUT2D eigenvalue weighted by Crippen LogP contribution is -2.48. The molecule has 5 nitrogen and oxygen atoms in total. The standard InChI is InChI=1S/C24H33N3O2/c1-4-13-24(26(2)3,21-9-5-19(18-25)6-10-21)23(28)20-7-11-22(12-8-20)27-14-16-29-17-15-27/h5-12H,4,13-18,25H2,1-3H3. The van der Waals surface area contributed by atoms with Gasteiger partial charge in [0.1, 0.15) is 5.54 Å². The van der Waals surface area contributed by atoms with Crippen LogP contribution in [0.5, 0.6) is 0 Å². The van der Waals surface area contributed by atoms with E-state index in [0.717, 1.165) is 61.5 Å². The number of ketones is 1. The molecular weight excluding hydrogens is 362 g/mol. The molecule has 29 heavy (non-hydrogen) atoms. The predicted molar refractivity (Wildman–Crippen MR) is 118 cm³/mol. The molecule has 1 saturated heterocycles. The highest BCUT2D eigenvalue weighted by Crippen LogP contribution is 2.36. The topological polar surface area (TPSA) is 58.8 Å². The number of hydrogen-bond acceptors (Lipinski definition) is 5. The molecule has 2 aromatic carbocycles. The Balaban J connectivity index is 1.95. The number of carbonyl (C=O) groups is 1. The average Bonchev–Trinajstić information content (AvgIpc) is 2.77. The fourth-order valence-corrected chi connectivity index (χ4v) is 4.24. The Kier molecular flexibility index (Phi) is 7.06. The average molecular weight is 396 g/mol. The van der Waals surface area contributed by atoms with Crippen molar-refractivity contribution in [3.05, 3.63) is 65.2 Å². The van der Waals surface area contributed by atoms with Gasteiger partial charge in [-0.25, -0.2) is 0 Å². The first-order valence-corrected chi connectivity index (χ1v) is 10.5. The summed E-state index contributed by atoms with van der Waals surface area (Å²) in [5.41, 5.74) is 9.04. The van der Waals surface area contributed by atoms with Crippen LogP contribution in [0.4, 0.5) is 5.69 Å². The Bertz CT molecular complexity index is 796. The maximum Gasteiger partial charge on any atom is 0.187 e. The second kappa shape index (κ2) is 9.53. The normalized spacial score (nSPS) is 16.7. The van der Waals surface area contributed by atoms with E-state index in [2.05, 4.69) is 41.0 Å². The minimum atomic E-state index is -0.692. The number of likely N-dealkylation sites (N-methyl/N-ethyl adjacent to an activating group) is 1. The second-order valence-corrected chi connectivity index (χ2v) is 7.88. The van der Waals surface area contributed by atoms with Crippen molar-refractivity contribution in [3.63, 3.8) is 0 Å². The molecule has 2 N–H and O–H groups in total. The number of morpholine rings is 1. The van der Waals surface area contributed by atoms with E-state index in [1.165, 1.54) is 0 Å². The number of nitrogens with two attached hydrogens (primary N) is 1. The molecule has 0 saturated carbocycles. The summed E-state index contributed by atoms with van der Waals surface area (Å²) in [6.07, 6.45) is 1.67. The van der Waals surface area contributed by atoms with Gasteiger partial charge in [0.25, 0.3) is 0 Å². The zero-order chi connectivity index (χ0) is 20.9. The summed E-state index contributed by atoms with van der Waals surface area (Å²) in [6.45, 7) is 5.90. The largest absolute Gasteiger partial charge is 0.378 e. The van der Waals surface area contributed by atoms with E-state index < -0.39 is 5.54 Å². The van der Waals surface area contributed by atoms with E-state index >= 15 is 0 Å². The van der Waals surface area contributed by atoms with Crippen molar-refractivity contribution in [1.29, 1.82) is 0 Å². The van der Waals surface area contributed by atoms with Crippen molar-refractivity contribution in [2.24, 2.45) is 5.73 Å². The molecule has 156 valence electrons. The number of ether oxygens (including phenoxy) is 1. The highest BCUT2D eigenvalue weighted by atomic mass is 16.5.